The molecule has 0 unspecified atom stereocenters. The second kappa shape index (κ2) is 7.41. The molecule has 0 bridgehead atoms. The summed E-state index contributed by atoms with van der Waals surface area (Å²) >= 11 is 0. The fraction of sp³-hybridized carbons (Fsp3) is 0.385. The highest BCUT2D eigenvalue weighted by atomic mass is 19.1. The topological polar surface area (TPSA) is 87.7 Å². The lowest BCUT2D eigenvalue weighted by Crippen LogP contribution is -2.42. The Balaban J connectivity index is 2.77. The summed E-state index contributed by atoms with van der Waals surface area (Å²) in [6, 6.07) is -0.184. The lowest BCUT2D eigenvalue weighted by Gasteiger charge is -2.14. The SMILES string of the molecule is CCC[C@@H](NC(=O)Nc1cc(F)c(OC)c(F)c1)C(=O)O. The van der Waals surface area contributed by atoms with Gasteiger partial charge in [0.25, 0.3) is 0 Å². The third-order valence-electron chi connectivity index (χ3n) is 2.64. The van der Waals surface area contributed by atoms with Crippen LogP contribution in [0, 0.1) is 11.6 Å². The lowest BCUT2D eigenvalue weighted by atomic mass is 10.2. The Morgan fingerprint density at radius 3 is 2.33 bits per heavy atom. The maximum Gasteiger partial charge on any atom is 0.326 e. The number of carboxylic acids is 1. The summed E-state index contributed by atoms with van der Waals surface area (Å²) in [5, 5.41) is 13.3. The van der Waals surface area contributed by atoms with Gasteiger partial charge in [0.1, 0.15) is 6.04 Å². The molecule has 0 saturated carbocycles. The fourth-order valence-corrected chi connectivity index (χ4v) is 1.70. The number of amides is 2. The summed E-state index contributed by atoms with van der Waals surface area (Å²) < 4.78 is 31.4. The molecule has 0 heterocycles. The number of hydrogen-bond acceptors (Lipinski definition) is 3. The second-order valence-corrected chi connectivity index (χ2v) is 4.25. The van der Waals surface area contributed by atoms with Crippen LogP contribution in [0.2, 0.25) is 0 Å². The third-order valence-corrected chi connectivity index (χ3v) is 2.64. The zero-order valence-corrected chi connectivity index (χ0v) is 11.6. The van der Waals surface area contributed by atoms with E-state index >= 15 is 0 Å². The Labute approximate surface area is 120 Å². The molecule has 2 amide bonds. The van der Waals surface area contributed by atoms with Crippen LogP contribution in [-0.2, 0) is 4.79 Å². The van der Waals surface area contributed by atoms with Crippen molar-refractivity contribution in [2.24, 2.45) is 0 Å². The van der Waals surface area contributed by atoms with Gasteiger partial charge < -0.3 is 20.5 Å². The van der Waals surface area contributed by atoms with Crippen LogP contribution in [0.1, 0.15) is 19.8 Å². The Morgan fingerprint density at radius 2 is 1.90 bits per heavy atom. The maximum absolute atomic E-state index is 13.4. The standard InChI is InChI=1S/C13H16F2N2O4/c1-3-4-10(12(18)19)17-13(20)16-7-5-8(14)11(21-2)9(15)6-7/h5-6,10H,3-4H2,1-2H3,(H,18,19)(H2,16,17,20)/t10-/m1/s1. The summed E-state index contributed by atoms with van der Waals surface area (Å²) in [6.07, 6.45) is 0.803. The smallest absolute Gasteiger partial charge is 0.326 e. The number of aliphatic carboxylic acids is 1. The number of anilines is 1. The summed E-state index contributed by atoms with van der Waals surface area (Å²) in [4.78, 5) is 22.5. The number of carbonyl (C=O) groups is 2. The highest BCUT2D eigenvalue weighted by Gasteiger charge is 2.19. The Bertz CT molecular complexity index is 514. The van der Waals surface area contributed by atoms with Crippen molar-refractivity contribution in [1.29, 1.82) is 0 Å². The predicted octanol–water partition coefficient (Wildman–Crippen LogP) is 2.35. The van der Waals surface area contributed by atoms with Crippen molar-refractivity contribution in [2.75, 3.05) is 12.4 Å². The highest BCUT2D eigenvalue weighted by molar-refractivity contribution is 5.92. The van der Waals surface area contributed by atoms with Crippen molar-refractivity contribution >= 4 is 17.7 Å². The molecule has 3 N–H and O–H groups in total. The summed E-state index contributed by atoms with van der Waals surface area (Å²) in [5.74, 6) is -3.69. The molecular weight excluding hydrogens is 286 g/mol. The Hall–Kier alpha value is -2.38. The van der Waals surface area contributed by atoms with Crippen LogP contribution in [0.4, 0.5) is 19.3 Å². The van der Waals surface area contributed by atoms with E-state index in [1.165, 1.54) is 0 Å². The van der Waals surface area contributed by atoms with Gasteiger partial charge in [-0.05, 0) is 6.42 Å². The van der Waals surface area contributed by atoms with E-state index in [9.17, 15) is 18.4 Å². The first-order valence-electron chi connectivity index (χ1n) is 6.22. The average Bonchev–Trinajstić information content (AvgIpc) is 2.37. The van der Waals surface area contributed by atoms with Crippen molar-refractivity contribution in [2.45, 2.75) is 25.8 Å². The number of methoxy groups -OCH3 is 1. The van der Waals surface area contributed by atoms with Crippen LogP contribution >= 0.6 is 0 Å². The van der Waals surface area contributed by atoms with Crippen molar-refractivity contribution in [1.82, 2.24) is 5.32 Å². The molecule has 0 aromatic heterocycles. The van der Waals surface area contributed by atoms with E-state index in [1.54, 1.807) is 6.92 Å². The first kappa shape index (κ1) is 16.7. The zero-order valence-electron chi connectivity index (χ0n) is 11.6. The first-order chi connectivity index (χ1) is 9.88. The van der Waals surface area contributed by atoms with E-state index in [0.717, 1.165) is 19.2 Å². The molecule has 0 fully saturated rings. The van der Waals surface area contributed by atoms with Gasteiger partial charge in [-0.25, -0.2) is 18.4 Å². The van der Waals surface area contributed by atoms with Gasteiger partial charge in [-0.3, -0.25) is 0 Å². The van der Waals surface area contributed by atoms with Crippen molar-refractivity contribution in [3.63, 3.8) is 0 Å². The minimum absolute atomic E-state index is 0.149. The van der Waals surface area contributed by atoms with Crippen molar-refractivity contribution in [3.8, 4) is 5.75 Å². The molecule has 1 aromatic carbocycles. The zero-order chi connectivity index (χ0) is 16.0. The Morgan fingerprint density at radius 1 is 1.33 bits per heavy atom. The van der Waals surface area contributed by atoms with Crippen molar-refractivity contribution in [3.05, 3.63) is 23.8 Å². The molecule has 1 aromatic rings. The van der Waals surface area contributed by atoms with Gasteiger partial charge in [-0.1, -0.05) is 13.3 Å². The van der Waals surface area contributed by atoms with Crippen LogP contribution in [0.15, 0.2) is 12.1 Å². The fourth-order valence-electron chi connectivity index (χ4n) is 1.70. The van der Waals surface area contributed by atoms with Gasteiger partial charge in [0.05, 0.1) is 7.11 Å². The second-order valence-electron chi connectivity index (χ2n) is 4.25. The van der Waals surface area contributed by atoms with Crippen LogP contribution in [0.5, 0.6) is 5.75 Å². The normalized spacial score (nSPS) is 11.6. The summed E-state index contributed by atoms with van der Waals surface area (Å²) in [7, 11) is 1.11. The van der Waals surface area contributed by atoms with E-state index in [-0.39, 0.29) is 12.1 Å². The number of hydrogen-bond donors (Lipinski definition) is 3. The van der Waals surface area contributed by atoms with Crippen molar-refractivity contribution < 1.29 is 28.2 Å². The maximum atomic E-state index is 13.4. The van der Waals surface area contributed by atoms with Gasteiger partial charge in [0.2, 0.25) is 0 Å². The highest BCUT2D eigenvalue weighted by Crippen LogP contribution is 2.25. The van der Waals surface area contributed by atoms with Gasteiger partial charge in [-0.2, -0.15) is 0 Å². The number of benzene rings is 1. The summed E-state index contributed by atoms with van der Waals surface area (Å²) in [5.41, 5.74) is -0.149. The molecule has 8 heteroatoms. The molecule has 0 aliphatic heterocycles. The minimum atomic E-state index is -1.18. The molecular formula is C13H16F2N2O4. The largest absolute Gasteiger partial charge is 0.491 e. The molecule has 1 atom stereocenters. The monoisotopic (exact) mass is 302 g/mol. The number of rotatable bonds is 6. The molecule has 0 radical (unpaired) electrons. The number of ether oxygens (including phenoxy) is 1. The van der Waals surface area contributed by atoms with E-state index < -0.39 is 35.4 Å². The van der Waals surface area contributed by atoms with Gasteiger partial charge in [0, 0.05) is 17.8 Å². The van der Waals surface area contributed by atoms with Gasteiger partial charge in [0.15, 0.2) is 17.4 Å². The van der Waals surface area contributed by atoms with E-state index in [4.69, 9.17) is 5.11 Å². The Kier molecular flexibility index (Phi) is 5.89. The quantitative estimate of drug-likeness (QED) is 0.752. The van der Waals surface area contributed by atoms with Crippen LogP contribution in [-0.4, -0.2) is 30.3 Å². The van der Waals surface area contributed by atoms with E-state index in [1.807, 2.05) is 0 Å². The average molecular weight is 302 g/mol. The molecule has 0 spiro atoms. The molecule has 1 rings (SSSR count). The number of halogens is 2. The molecule has 0 aliphatic rings. The van der Waals surface area contributed by atoms with Gasteiger partial charge in [-0.15, -0.1) is 0 Å². The van der Waals surface area contributed by atoms with Crippen LogP contribution < -0.4 is 15.4 Å². The first-order valence-corrected chi connectivity index (χ1v) is 6.22. The lowest BCUT2D eigenvalue weighted by molar-refractivity contribution is -0.139. The number of carbonyl (C=O) groups excluding carboxylic acids is 1. The van der Waals surface area contributed by atoms with E-state index in [0.29, 0.717) is 6.42 Å². The minimum Gasteiger partial charge on any atom is -0.491 e. The molecule has 0 saturated heterocycles. The van der Waals surface area contributed by atoms with Crippen LogP contribution in [0.3, 0.4) is 0 Å². The number of carboxylic acid groups (broad SMARTS) is 1. The molecule has 6 nitrogen and oxygen atoms in total. The van der Waals surface area contributed by atoms with Crippen LogP contribution in [0.25, 0.3) is 0 Å². The molecule has 116 valence electrons. The third kappa shape index (κ3) is 4.59. The predicted molar refractivity (Wildman–Crippen MR) is 71.4 cm³/mol. The van der Waals surface area contributed by atoms with E-state index in [2.05, 4.69) is 15.4 Å². The molecule has 21 heavy (non-hydrogen) atoms. The summed E-state index contributed by atoms with van der Waals surface area (Å²) in [6.45, 7) is 1.77. The van der Waals surface area contributed by atoms with Gasteiger partial charge >= 0.3 is 12.0 Å². The number of urea groups is 1. The molecule has 0 aliphatic carbocycles. The number of nitrogens with one attached hydrogen (secondary N) is 2.